The van der Waals surface area contributed by atoms with Crippen LogP contribution in [0.1, 0.15) is 13.3 Å². The van der Waals surface area contributed by atoms with Gasteiger partial charge in [0.25, 0.3) is 0 Å². The van der Waals surface area contributed by atoms with E-state index in [2.05, 4.69) is 59.1 Å². The summed E-state index contributed by atoms with van der Waals surface area (Å²) in [4.78, 5) is 0. The van der Waals surface area contributed by atoms with E-state index in [0.717, 1.165) is 13.2 Å². The third-order valence-electron chi connectivity index (χ3n) is 2.91. The molecule has 0 amide bonds. The Morgan fingerprint density at radius 1 is 1.40 bits per heavy atom. The quantitative estimate of drug-likeness (QED) is 0.865. The summed E-state index contributed by atoms with van der Waals surface area (Å²) in [5.41, 5.74) is 1.20. The smallest absolute Gasteiger partial charge is 0.0514 e. The highest BCUT2D eigenvalue weighted by Crippen LogP contribution is 2.20. The zero-order chi connectivity index (χ0) is 10.7. The van der Waals surface area contributed by atoms with Crippen molar-refractivity contribution >= 4 is 28.3 Å². The van der Waals surface area contributed by atoms with Crippen LogP contribution < -0.4 is 5.32 Å². The third kappa shape index (κ3) is 3.08. The number of hydrogen-bond acceptors (Lipinski definition) is 2. The van der Waals surface area contributed by atoms with Gasteiger partial charge in [0.15, 0.2) is 0 Å². The molecule has 0 spiro atoms. The van der Waals surface area contributed by atoms with Gasteiger partial charge in [-0.1, -0.05) is 0 Å². The maximum Gasteiger partial charge on any atom is 0.0514 e. The average Bonchev–Trinajstić information content (AvgIpc) is 2.74. The first-order valence-corrected chi connectivity index (χ1v) is 6.43. The fourth-order valence-electron chi connectivity index (χ4n) is 1.87. The van der Waals surface area contributed by atoms with Crippen LogP contribution in [0, 0.1) is 9.49 Å². The lowest BCUT2D eigenvalue weighted by Crippen LogP contribution is -2.25. The van der Waals surface area contributed by atoms with Gasteiger partial charge < -0.3 is 10.1 Å². The van der Waals surface area contributed by atoms with Gasteiger partial charge >= 0.3 is 0 Å². The lowest BCUT2D eigenvalue weighted by Gasteiger charge is -2.20. The van der Waals surface area contributed by atoms with E-state index in [4.69, 9.17) is 4.74 Å². The van der Waals surface area contributed by atoms with Crippen molar-refractivity contribution in [2.24, 2.45) is 5.92 Å². The lowest BCUT2D eigenvalue weighted by atomic mass is 10.0. The average molecular weight is 317 g/mol. The molecule has 1 aromatic carbocycles. The van der Waals surface area contributed by atoms with Crippen LogP contribution in [0.4, 0.5) is 5.69 Å². The second kappa shape index (κ2) is 5.16. The van der Waals surface area contributed by atoms with E-state index in [1.165, 1.54) is 15.7 Å². The van der Waals surface area contributed by atoms with Crippen LogP contribution in [-0.4, -0.2) is 19.3 Å². The Balaban J connectivity index is 1.92. The highest BCUT2D eigenvalue weighted by atomic mass is 127. The number of hydrogen-bond donors (Lipinski definition) is 1. The third-order valence-corrected chi connectivity index (χ3v) is 3.63. The summed E-state index contributed by atoms with van der Waals surface area (Å²) >= 11 is 2.32. The monoisotopic (exact) mass is 317 g/mol. The molecule has 0 radical (unpaired) electrons. The molecule has 1 N–H and O–H groups in total. The molecule has 2 nitrogen and oxygen atoms in total. The molecule has 1 aliphatic rings. The van der Waals surface area contributed by atoms with Crippen LogP contribution in [0.25, 0.3) is 0 Å². The number of rotatable bonds is 3. The second-order valence-electron chi connectivity index (χ2n) is 4.06. The van der Waals surface area contributed by atoms with E-state index in [0.29, 0.717) is 12.0 Å². The van der Waals surface area contributed by atoms with Crippen LogP contribution in [0.3, 0.4) is 0 Å². The Labute approximate surface area is 105 Å². The Hall–Kier alpha value is -0.290. The van der Waals surface area contributed by atoms with E-state index in [1.807, 2.05) is 0 Å². The van der Waals surface area contributed by atoms with Crippen molar-refractivity contribution in [1.82, 2.24) is 0 Å². The standard InChI is InChI=1S/C12H16INO/c1-9(10-6-7-15-8-10)14-12-4-2-11(13)3-5-12/h2-5,9-10,14H,6-8H2,1H3. The van der Waals surface area contributed by atoms with Crippen LogP contribution in [-0.2, 0) is 4.74 Å². The minimum atomic E-state index is 0.493. The summed E-state index contributed by atoms with van der Waals surface area (Å²) in [7, 11) is 0. The first-order chi connectivity index (χ1) is 7.25. The zero-order valence-corrected chi connectivity index (χ0v) is 11.0. The summed E-state index contributed by atoms with van der Waals surface area (Å²) in [6.45, 7) is 4.05. The molecule has 0 aromatic heterocycles. The fraction of sp³-hybridized carbons (Fsp3) is 0.500. The molecule has 1 aliphatic heterocycles. The van der Waals surface area contributed by atoms with Crippen LogP contribution >= 0.6 is 22.6 Å². The summed E-state index contributed by atoms with van der Waals surface area (Å²) in [6, 6.07) is 9.01. The highest BCUT2D eigenvalue weighted by molar-refractivity contribution is 14.1. The number of ether oxygens (including phenoxy) is 1. The van der Waals surface area contributed by atoms with E-state index in [9.17, 15) is 0 Å². The van der Waals surface area contributed by atoms with Crippen molar-refractivity contribution in [2.45, 2.75) is 19.4 Å². The molecule has 2 unspecified atom stereocenters. The predicted octanol–water partition coefficient (Wildman–Crippen LogP) is 3.13. The van der Waals surface area contributed by atoms with Crippen molar-refractivity contribution in [3.05, 3.63) is 27.8 Å². The van der Waals surface area contributed by atoms with Gasteiger partial charge in [-0.3, -0.25) is 0 Å². The van der Waals surface area contributed by atoms with Crippen molar-refractivity contribution in [3.8, 4) is 0 Å². The van der Waals surface area contributed by atoms with Crippen LogP contribution in [0.5, 0.6) is 0 Å². The Morgan fingerprint density at radius 3 is 2.73 bits per heavy atom. The second-order valence-corrected chi connectivity index (χ2v) is 5.31. The molecule has 15 heavy (non-hydrogen) atoms. The Bertz CT molecular complexity index is 306. The number of nitrogens with one attached hydrogen (secondary N) is 1. The number of halogens is 1. The highest BCUT2D eigenvalue weighted by Gasteiger charge is 2.21. The van der Waals surface area contributed by atoms with E-state index in [1.54, 1.807) is 0 Å². The molecule has 2 rings (SSSR count). The molecule has 0 bridgehead atoms. The molecule has 1 saturated heterocycles. The number of anilines is 1. The van der Waals surface area contributed by atoms with Gasteiger partial charge in [-0.15, -0.1) is 0 Å². The predicted molar refractivity (Wildman–Crippen MR) is 71.2 cm³/mol. The minimum absolute atomic E-state index is 0.493. The molecule has 3 heteroatoms. The maximum absolute atomic E-state index is 5.39. The topological polar surface area (TPSA) is 21.3 Å². The Kier molecular flexibility index (Phi) is 3.86. The van der Waals surface area contributed by atoms with Gasteiger partial charge in [-0.25, -0.2) is 0 Å². The first-order valence-electron chi connectivity index (χ1n) is 5.35. The molecule has 0 saturated carbocycles. The summed E-state index contributed by atoms with van der Waals surface area (Å²) in [6.07, 6.45) is 1.18. The first kappa shape index (κ1) is 11.2. The Morgan fingerprint density at radius 2 is 2.13 bits per heavy atom. The van der Waals surface area contributed by atoms with Crippen LogP contribution in [0.15, 0.2) is 24.3 Å². The van der Waals surface area contributed by atoms with Crippen molar-refractivity contribution in [3.63, 3.8) is 0 Å². The minimum Gasteiger partial charge on any atom is -0.382 e. The van der Waals surface area contributed by atoms with Gasteiger partial charge in [0, 0.05) is 27.8 Å². The molecular weight excluding hydrogens is 301 g/mol. The molecular formula is C12H16INO. The van der Waals surface area contributed by atoms with Crippen molar-refractivity contribution < 1.29 is 4.74 Å². The molecule has 0 aliphatic carbocycles. The van der Waals surface area contributed by atoms with E-state index >= 15 is 0 Å². The van der Waals surface area contributed by atoms with Gasteiger partial charge in [0.1, 0.15) is 0 Å². The number of benzene rings is 1. The summed E-state index contributed by atoms with van der Waals surface area (Å²) in [5, 5.41) is 3.53. The molecule has 1 heterocycles. The maximum atomic E-state index is 5.39. The molecule has 82 valence electrons. The van der Waals surface area contributed by atoms with E-state index in [-0.39, 0.29) is 0 Å². The summed E-state index contributed by atoms with van der Waals surface area (Å²) < 4.78 is 6.67. The van der Waals surface area contributed by atoms with Gasteiger partial charge in [0.05, 0.1) is 6.61 Å². The van der Waals surface area contributed by atoms with E-state index < -0.39 is 0 Å². The molecule has 1 fully saturated rings. The zero-order valence-electron chi connectivity index (χ0n) is 8.87. The van der Waals surface area contributed by atoms with Gasteiger partial charge in [-0.2, -0.15) is 0 Å². The SMILES string of the molecule is CC(Nc1ccc(I)cc1)C1CCOC1. The molecule has 2 atom stereocenters. The van der Waals surface area contributed by atoms with Crippen molar-refractivity contribution in [1.29, 1.82) is 0 Å². The van der Waals surface area contributed by atoms with Gasteiger partial charge in [0.2, 0.25) is 0 Å². The van der Waals surface area contributed by atoms with Crippen molar-refractivity contribution in [2.75, 3.05) is 18.5 Å². The van der Waals surface area contributed by atoms with Crippen LogP contribution in [0.2, 0.25) is 0 Å². The normalized spacial score (nSPS) is 22.7. The largest absolute Gasteiger partial charge is 0.382 e. The molecule has 1 aromatic rings. The fourth-order valence-corrected chi connectivity index (χ4v) is 2.23. The lowest BCUT2D eigenvalue weighted by molar-refractivity contribution is 0.183. The summed E-state index contributed by atoms with van der Waals surface area (Å²) in [5.74, 6) is 0.657. The van der Waals surface area contributed by atoms with Gasteiger partial charge in [-0.05, 0) is 60.2 Å².